The molecule has 1 aliphatic carbocycles. The van der Waals surface area contributed by atoms with Crippen LogP contribution in [0, 0.1) is 0 Å². The molecule has 0 aliphatic heterocycles. The maximum Gasteiger partial charge on any atom is 0.205 e. The number of hydrogen-bond donors (Lipinski definition) is 3. The Morgan fingerprint density at radius 3 is 2.74 bits per heavy atom. The SMILES string of the molecule is COc1c(NN)ncnc1NCC(C)N(C)C1CC1. The second-order valence-corrected chi connectivity index (χ2v) is 4.88. The highest BCUT2D eigenvalue weighted by molar-refractivity contribution is 5.63. The Morgan fingerprint density at radius 1 is 1.47 bits per heavy atom. The smallest absolute Gasteiger partial charge is 0.205 e. The minimum atomic E-state index is 0.432. The van der Waals surface area contributed by atoms with Gasteiger partial charge >= 0.3 is 0 Å². The first-order valence-electron chi connectivity index (χ1n) is 6.48. The van der Waals surface area contributed by atoms with Crippen LogP contribution in [0.25, 0.3) is 0 Å². The zero-order valence-electron chi connectivity index (χ0n) is 11.7. The number of nitrogens with zero attached hydrogens (tertiary/aromatic N) is 3. The Morgan fingerprint density at radius 2 is 2.16 bits per heavy atom. The lowest BCUT2D eigenvalue weighted by atomic mass is 10.3. The molecule has 1 aromatic heterocycles. The maximum atomic E-state index is 5.39. The van der Waals surface area contributed by atoms with Gasteiger partial charge in [-0.2, -0.15) is 0 Å². The number of aromatic nitrogens is 2. The fourth-order valence-electron chi connectivity index (χ4n) is 2.03. The molecule has 19 heavy (non-hydrogen) atoms. The topological polar surface area (TPSA) is 88.3 Å². The molecule has 0 aromatic carbocycles. The van der Waals surface area contributed by atoms with E-state index in [-0.39, 0.29) is 0 Å². The number of hydrazine groups is 1. The Kier molecular flexibility index (Phi) is 4.39. The highest BCUT2D eigenvalue weighted by Gasteiger charge is 2.29. The first-order valence-corrected chi connectivity index (χ1v) is 6.48. The van der Waals surface area contributed by atoms with Crippen LogP contribution < -0.4 is 21.3 Å². The quantitative estimate of drug-likeness (QED) is 0.493. The molecule has 0 saturated heterocycles. The molecular formula is C12H22N6O. The number of rotatable bonds is 7. The van der Waals surface area contributed by atoms with Gasteiger partial charge in [-0.05, 0) is 26.8 Å². The lowest BCUT2D eigenvalue weighted by Crippen LogP contribution is -2.36. The second kappa shape index (κ2) is 6.03. The Labute approximate surface area is 113 Å². The van der Waals surface area contributed by atoms with Gasteiger partial charge in [0.05, 0.1) is 7.11 Å². The third-order valence-corrected chi connectivity index (χ3v) is 3.53. The Balaban J connectivity index is 1.98. The van der Waals surface area contributed by atoms with Crippen molar-refractivity contribution in [2.24, 2.45) is 5.84 Å². The fraction of sp³-hybridized carbons (Fsp3) is 0.667. The van der Waals surface area contributed by atoms with Gasteiger partial charge < -0.3 is 15.5 Å². The number of likely N-dealkylation sites (N-methyl/N-ethyl adjacent to an activating group) is 1. The number of nitrogens with two attached hydrogens (primary N) is 1. The molecule has 1 aromatic rings. The van der Waals surface area contributed by atoms with Gasteiger partial charge in [0.15, 0.2) is 11.6 Å². The molecule has 1 fully saturated rings. The molecule has 0 bridgehead atoms. The lowest BCUT2D eigenvalue weighted by Gasteiger charge is -2.25. The first-order chi connectivity index (χ1) is 9.17. The third kappa shape index (κ3) is 3.24. The molecule has 7 nitrogen and oxygen atoms in total. The summed E-state index contributed by atoms with van der Waals surface area (Å²) >= 11 is 0. The molecule has 4 N–H and O–H groups in total. The number of ether oxygens (including phenoxy) is 1. The van der Waals surface area contributed by atoms with E-state index in [0.717, 1.165) is 12.6 Å². The zero-order chi connectivity index (χ0) is 13.8. The minimum absolute atomic E-state index is 0.432. The summed E-state index contributed by atoms with van der Waals surface area (Å²) in [4.78, 5) is 10.6. The van der Waals surface area contributed by atoms with Crippen molar-refractivity contribution in [2.45, 2.75) is 31.8 Å². The van der Waals surface area contributed by atoms with E-state index in [0.29, 0.717) is 23.4 Å². The molecule has 0 radical (unpaired) electrons. The molecule has 7 heteroatoms. The molecule has 1 heterocycles. The predicted molar refractivity (Wildman–Crippen MR) is 75.1 cm³/mol. The standard InChI is InChI=1S/C12H22N6O/c1-8(18(2)9-4-5-9)6-14-11-10(19-3)12(17-13)16-7-15-11/h7-9H,4-6,13H2,1-3H3,(H2,14,15,16,17). The highest BCUT2D eigenvalue weighted by atomic mass is 16.5. The van der Waals surface area contributed by atoms with Crippen molar-refractivity contribution in [3.05, 3.63) is 6.33 Å². The monoisotopic (exact) mass is 266 g/mol. The molecule has 1 aliphatic rings. The van der Waals surface area contributed by atoms with Gasteiger partial charge in [0.25, 0.3) is 0 Å². The lowest BCUT2D eigenvalue weighted by molar-refractivity contribution is 0.257. The molecule has 2 rings (SSSR count). The van der Waals surface area contributed by atoms with Crippen molar-refractivity contribution < 1.29 is 4.74 Å². The van der Waals surface area contributed by atoms with Crippen molar-refractivity contribution in [1.82, 2.24) is 14.9 Å². The van der Waals surface area contributed by atoms with Crippen LogP contribution in [0.15, 0.2) is 6.33 Å². The first kappa shape index (κ1) is 13.8. The van der Waals surface area contributed by atoms with Gasteiger partial charge in [-0.3, -0.25) is 4.90 Å². The third-order valence-electron chi connectivity index (χ3n) is 3.53. The van der Waals surface area contributed by atoms with Crippen LogP contribution in [-0.2, 0) is 0 Å². The van der Waals surface area contributed by atoms with Crippen LogP contribution in [0.2, 0.25) is 0 Å². The van der Waals surface area contributed by atoms with Crippen LogP contribution in [0.5, 0.6) is 5.75 Å². The summed E-state index contributed by atoms with van der Waals surface area (Å²) < 4.78 is 5.28. The molecule has 0 spiro atoms. The van der Waals surface area contributed by atoms with Crippen molar-refractivity contribution in [1.29, 1.82) is 0 Å². The van der Waals surface area contributed by atoms with Crippen LogP contribution >= 0.6 is 0 Å². The van der Waals surface area contributed by atoms with Gasteiger partial charge in [0.1, 0.15) is 6.33 Å². The van der Waals surface area contributed by atoms with Gasteiger partial charge in [0, 0.05) is 18.6 Å². The molecule has 0 amide bonds. The molecule has 106 valence electrons. The van der Waals surface area contributed by atoms with Crippen molar-refractivity contribution in [3.63, 3.8) is 0 Å². The van der Waals surface area contributed by atoms with Crippen molar-refractivity contribution >= 4 is 11.6 Å². The van der Waals surface area contributed by atoms with Crippen LogP contribution in [-0.4, -0.2) is 47.7 Å². The van der Waals surface area contributed by atoms with E-state index < -0.39 is 0 Å². The van der Waals surface area contributed by atoms with E-state index in [9.17, 15) is 0 Å². The van der Waals surface area contributed by atoms with E-state index in [2.05, 4.69) is 39.6 Å². The maximum absolute atomic E-state index is 5.39. The van der Waals surface area contributed by atoms with E-state index in [1.54, 1.807) is 7.11 Å². The van der Waals surface area contributed by atoms with Gasteiger partial charge in [-0.15, -0.1) is 0 Å². The summed E-state index contributed by atoms with van der Waals surface area (Å²) in [6.45, 7) is 2.99. The van der Waals surface area contributed by atoms with Crippen molar-refractivity contribution in [3.8, 4) is 5.75 Å². The minimum Gasteiger partial charge on any atom is -0.490 e. The summed E-state index contributed by atoms with van der Waals surface area (Å²) in [6, 6.07) is 1.17. The van der Waals surface area contributed by atoms with Crippen LogP contribution in [0.4, 0.5) is 11.6 Å². The molecule has 1 unspecified atom stereocenters. The van der Waals surface area contributed by atoms with Gasteiger partial charge in [0.2, 0.25) is 5.75 Å². The average molecular weight is 266 g/mol. The number of nitrogen functional groups attached to an aromatic ring is 1. The fourth-order valence-corrected chi connectivity index (χ4v) is 2.03. The second-order valence-electron chi connectivity index (χ2n) is 4.88. The molecule has 1 atom stereocenters. The van der Waals surface area contributed by atoms with Crippen LogP contribution in [0.3, 0.4) is 0 Å². The molecule has 1 saturated carbocycles. The van der Waals surface area contributed by atoms with Crippen LogP contribution in [0.1, 0.15) is 19.8 Å². The Bertz CT molecular complexity index is 423. The van der Waals surface area contributed by atoms with E-state index in [1.165, 1.54) is 19.2 Å². The van der Waals surface area contributed by atoms with E-state index in [1.807, 2.05) is 0 Å². The summed E-state index contributed by atoms with van der Waals surface area (Å²) in [7, 11) is 3.73. The zero-order valence-corrected chi connectivity index (χ0v) is 11.7. The number of methoxy groups -OCH3 is 1. The largest absolute Gasteiger partial charge is 0.490 e. The summed E-state index contributed by atoms with van der Waals surface area (Å²) in [5.74, 6) is 7.05. The summed E-state index contributed by atoms with van der Waals surface area (Å²) in [5, 5.41) is 3.29. The van der Waals surface area contributed by atoms with Gasteiger partial charge in [-0.25, -0.2) is 15.8 Å². The molecular weight excluding hydrogens is 244 g/mol. The highest BCUT2D eigenvalue weighted by Crippen LogP contribution is 2.29. The van der Waals surface area contributed by atoms with E-state index in [4.69, 9.17) is 10.6 Å². The number of anilines is 2. The summed E-state index contributed by atoms with van der Waals surface area (Å²) in [6.07, 6.45) is 4.06. The van der Waals surface area contributed by atoms with Gasteiger partial charge in [-0.1, -0.05) is 0 Å². The average Bonchev–Trinajstić information content (AvgIpc) is 3.27. The number of hydrogen-bond acceptors (Lipinski definition) is 7. The summed E-state index contributed by atoms with van der Waals surface area (Å²) in [5.41, 5.74) is 2.50. The Hall–Kier alpha value is -1.60. The number of nitrogens with one attached hydrogen (secondary N) is 2. The van der Waals surface area contributed by atoms with Crippen molar-refractivity contribution in [2.75, 3.05) is 31.4 Å². The van der Waals surface area contributed by atoms with E-state index >= 15 is 0 Å². The predicted octanol–water partition coefficient (Wildman–Crippen LogP) is 0.665. The normalized spacial score (nSPS) is 16.3.